The number of nitrogens with zero attached hydrogens (tertiary/aromatic N) is 4. The van der Waals surface area contributed by atoms with Crippen LogP contribution in [0.15, 0.2) is 64.5 Å². The normalized spacial score (nSPS) is 11.8. The van der Waals surface area contributed by atoms with Crippen LogP contribution < -0.4 is 0 Å². The zero-order valence-corrected chi connectivity index (χ0v) is 20.2. The van der Waals surface area contributed by atoms with Gasteiger partial charge in [-0.2, -0.15) is 5.10 Å². The lowest BCUT2D eigenvalue weighted by atomic mass is 10.1. The van der Waals surface area contributed by atoms with E-state index in [0.717, 1.165) is 34.0 Å². The number of benzene rings is 1. The molecule has 0 N–H and O–H groups in total. The number of rotatable bonds is 8. The van der Waals surface area contributed by atoms with Crippen LogP contribution in [0.1, 0.15) is 31.7 Å². The number of hydrogen-bond donors (Lipinski definition) is 0. The van der Waals surface area contributed by atoms with Crippen molar-refractivity contribution in [2.45, 2.75) is 44.6 Å². The molecule has 0 aliphatic heterocycles. The van der Waals surface area contributed by atoms with Gasteiger partial charge in [0.2, 0.25) is 0 Å². The van der Waals surface area contributed by atoms with Gasteiger partial charge in [-0.1, -0.05) is 17.7 Å². The number of aromatic nitrogens is 4. The molecular weight excluding hydrogens is 492 g/mol. The average molecular weight is 515 g/mol. The molecule has 1 aromatic carbocycles. The lowest BCUT2D eigenvalue weighted by Gasteiger charge is -2.07. The van der Waals surface area contributed by atoms with Gasteiger partial charge in [-0.25, -0.2) is 17.4 Å². The Morgan fingerprint density at radius 3 is 2.56 bits per heavy atom. The monoisotopic (exact) mass is 514 g/mol. The Hall–Kier alpha value is -2.78. The number of fused-ring (bicyclic) bond motifs is 1. The van der Waals surface area contributed by atoms with Gasteiger partial charge >= 0.3 is 0 Å². The van der Waals surface area contributed by atoms with Crippen molar-refractivity contribution in [3.05, 3.63) is 65.2 Å². The van der Waals surface area contributed by atoms with Gasteiger partial charge < -0.3 is 4.79 Å². The van der Waals surface area contributed by atoms with E-state index in [1.54, 1.807) is 49.8 Å². The van der Waals surface area contributed by atoms with E-state index in [0.29, 0.717) is 24.0 Å². The quantitative estimate of drug-likeness (QED) is 0.310. The minimum Gasteiger partial charge on any atom is -0.300 e. The second kappa shape index (κ2) is 8.99. The van der Waals surface area contributed by atoms with Gasteiger partial charge in [0.25, 0.3) is 10.0 Å². The van der Waals surface area contributed by atoms with Crippen LogP contribution in [0.25, 0.3) is 22.2 Å². The number of unbranched alkanes of at least 4 members (excludes halogenated alkanes) is 1. The fraction of sp³-hybridized carbons (Fsp3) is 0.261. The minimum atomic E-state index is -3.82. The molecular formula is C23H23BrN4O3S. The van der Waals surface area contributed by atoms with E-state index < -0.39 is 10.0 Å². The first-order valence-corrected chi connectivity index (χ1v) is 12.5. The molecule has 3 aromatic heterocycles. The SMILES string of the molecule is CC(=O)CCCCn1cc(-c2cn(S(=O)(=O)c3ccc(C)cc3)c3ncc(Br)cc23)cn1. The van der Waals surface area contributed by atoms with E-state index in [2.05, 4.69) is 26.0 Å². The van der Waals surface area contributed by atoms with Crippen LogP contribution in [-0.2, 0) is 21.4 Å². The topological polar surface area (TPSA) is 86.9 Å². The lowest BCUT2D eigenvalue weighted by molar-refractivity contribution is -0.117. The second-order valence-electron chi connectivity index (χ2n) is 7.83. The number of carbonyl (C=O) groups is 1. The molecule has 0 atom stereocenters. The molecule has 166 valence electrons. The van der Waals surface area contributed by atoms with Crippen LogP contribution in [0.2, 0.25) is 0 Å². The zero-order valence-electron chi connectivity index (χ0n) is 17.8. The standard InChI is InChI=1S/C23H23BrN4O3S/c1-16-6-8-20(9-7-16)32(30,31)28-15-22(21-11-19(24)13-25-23(21)28)18-12-26-27(14-18)10-4-3-5-17(2)29/h6-9,11-15H,3-5,10H2,1-2H3. The van der Waals surface area contributed by atoms with Crippen molar-refractivity contribution in [1.82, 2.24) is 18.7 Å². The van der Waals surface area contributed by atoms with Crippen LogP contribution in [-0.4, -0.2) is 32.9 Å². The Bertz CT molecular complexity index is 1390. The summed E-state index contributed by atoms with van der Waals surface area (Å²) in [6.07, 6.45) is 9.04. The van der Waals surface area contributed by atoms with Crippen molar-refractivity contribution in [2.75, 3.05) is 0 Å². The highest BCUT2D eigenvalue weighted by Crippen LogP contribution is 2.33. The summed E-state index contributed by atoms with van der Waals surface area (Å²) < 4.78 is 30.6. The maximum atomic E-state index is 13.4. The van der Waals surface area contributed by atoms with Crippen molar-refractivity contribution >= 4 is 42.8 Å². The van der Waals surface area contributed by atoms with E-state index >= 15 is 0 Å². The number of carbonyl (C=O) groups excluding carboxylic acids is 1. The lowest BCUT2D eigenvalue weighted by Crippen LogP contribution is -2.12. The Morgan fingerprint density at radius 1 is 1.09 bits per heavy atom. The minimum absolute atomic E-state index is 0.187. The number of Topliss-reactive ketones (excluding diaryl/α,β-unsaturated/α-hetero) is 1. The molecule has 0 saturated carbocycles. The first kappa shape index (κ1) is 22.4. The summed E-state index contributed by atoms with van der Waals surface area (Å²) in [6.45, 7) is 4.20. The molecule has 0 aliphatic rings. The van der Waals surface area contributed by atoms with Crippen LogP contribution >= 0.6 is 15.9 Å². The molecule has 0 amide bonds. The van der Waals surface area contributed by atoms with E-state index in [4.69, 9.17) is 0 Å². The average Bonchev–Trinajstić information content (AvgIpc) is 3.36. The number of ketones is 1. The molecule has 0 unspecified atom stereocenters. The van der Waals surface area contributed by atoms with Gasteiger partial charge in [-0.3, -0.25) is 4.68 Å². The zero-order chi connectivity index (χ0) is 22.9. The molecule has 4 aromatic rings. The molecule has 7 nitrogen and oxygen atoms in total. The highest BCUT2D eigenvalue weighted by atomic mass is 79.9. The third-order valence-electron chi connectivity index (χ3n) is 5.27. The third kappa shape index (κ3) is 4.54. The molecule has 0 aliphatic carbocycles. The van der Waals surface area contributed by atoms with E-state index in [1.165, 1.54) is 3.97 Å². The van der Waals surface area contributed by atoms with Gasteiger partial charge in [0.1, 0.15) is 5.78 Å². The Labute approximate surface area is 195 Å². The fourth-order valence-electron chi connectivity index (χ4n) is 3.56. The van der Waals surface area contributed by atoms with E-state index in [9.17, 15) is 13.2 Å². The number of aryl methyl sites for hydroxylation is 2. The number of halogens is 1. The first-order valence-electron chi connectivity index (χ1n) is 10.3. The molecule has 4 rings (SSSR count). The maximum absolute atomic E-state index is 13.4. The summed E-state index contributed by atoms with van der Waals surface area (Å²) >= 11 is 3.44. The Kier molecular flexibility index (Phi) is 6.30. The van der Waals surface area contributed by atoms with Crippen molar-refractivity contribution in [3.63, 3.8) is 0 Å². The molecule has 0 radical (unpaired) electrons. The highest BCUT2D eigenvalue weighted by molar-refractivity contribution is 9.10. The van der Waals surface area contributed by atoms with Crippen molar-refractivity contribution < 1.29 is 13.2 Å². The third-order valence-corrected chi connectivity index (χ3v) is 7.36. The van der Waals surface area contributed by atoms with Gasteiger partial charge in [0.05, 0.1) is 11.1 Å². The predicted octanol–water partition coefficient (Wildman–Crippen LogP) is 4.97. The van der Waals surface area contributed by atoms with Crippen LogP contribution in [0.4, 0.5) is 0 Å². The Balaban J connectivity index is 1.73. The van der Waals surface area contributed by atoms with E-state index in [1.807, 2.05) is 23.9 Å². The molecule has 3 heterocycles. The molecule has 32 heavy (non-hydrogen) atoms. The van der Waals surface area contributed by atoms with Crippen molar-refractivity contribution in [3.8, 4) is 11.1 Å². The molecule has 0 fully saturated rings. The highest BCUT2D eigenvalue weighted by Gasteiger charge is 2.23. The summed E-state index contributed by atoms with van der Waals surface area (Å²) in [5, 5.41) is 5.13. The number of hydrogen-bond acceptors (Lipinski definition) is 5. The van der Waals surface area contributed by atoms with Crippen molar-refractivity contribution in [1.29, 1.82) is 0 Å². The summed E-state index contributed by atoms with van der Waals surface area (Å²) in [4.78, 5) is 15.7. The van der Waals surface area contributed by atoms with E-state index in [-0.39, 0.29) is 10.7 Å². The molecule has 9 heteroatoms. The molecule has 0 saturated heterocycles. The summed E-state index contributed by atoms with van der Waals surface area (Å²) in [5.74, 6) is 0.187. The first-order chi connectivity index (χ1) is 15.3. The largest absolute Gasteiger partial charge is 0.300 e. The second-order valence-corrected chi connectivity index (χ2v) is 10.6. The van der Waals surface area contributed by atoms with Crippen LogP contribution in [0.5, 0.6) is 0 Å². The molecule has 0 bridgehead atoms. The van der Waals surface area contributed by atoms with Gasteiger partial charge in [-0.15, -0.1) is 0 Å². The maximum Gasteiger partial charge on any atom is 0.269 e. The summed E-state index contributed by atoms with van der Waals surface area (Å²) in [6, 6.07) is 8.63. The Morgan fingerprint density at radius 2 is 1.84 bits per heavy atom. The molecule has 0 spiro atoms. The van der Waals surface area contributed by atoms with Gasteiger partial charge in [0, 0.05) is 52.5 Å². The van der Waals surface area contributed by atoms with Gasteiger partial charge in [-0.05, 0) is 60.8 Å². The smallest absolute Gasteiger partial charge is 0.269 e. The predicted molar refractivity (Wildman–Crippen MR) is 127 cm³/mol. The number of pyridine rings is 1. The fourth-order valence-corrected chi connectivity index (χ4v) is 5.22. The van der Waals surface area contributed by atoms with Crippen LogP contribution in [0, 0.1) is 6.92 Å². The van der Waals surface area contributed by atoms with Crippen molar-refractivity contribution in [2.24, 2.45) is 0 Å². The van der Waals surface area contributed by atoms with Crippen LogP contribution in [0.3, 0.4) is 0 Å². The summed E-state index contributed by atoms with van der Waals surface area (Å²) in [7, 11) is -3.82. The van der Waals surface area contributed by atoms with Gasteiger partial charge in [0.15, 0.2) is 5.65 Å². The summed E-state index contributed by atoms with van der Waals surface area (Å²) in [5.41, 5.74) is 2.89.